The summed E-state index contributed by atoms with van der Waals surface area (Å²) in [7, 11) is -3.51. The van der Waals surface area contributed by atoms with Gasteiger partial charge in [0.15, 0.2) is 0 Å². The second kappa shape index (κ2) is 7.69. The molecule has 1 atom stereocenters. The van der Waals surface area contributed by atoms with Crippen molar-refractivity contribution in [3.8, 4) is 0 Å². The molecule has 0 aromatic heterocycles. The van der Waals surface area contributed by atoms with Crippen LogP contribution in [-0.2, 0) is 21.3 Å². The summed E-state index contributed by atoms with van der Waals surface area (Å²) in [6.07, 6.45) is 1.79. The molecular weight excluding hydrogens is 356 g/mol. The van der Waals surface area contributed by atoms with Crippen LogP contribution >= 0.6 is 15.9 Å². The predicted molar refractivity (Wildman–Crippen MR) is 85.7 cm³/mol. The minimum Gasteiger partial charge on any atom is -0.380 e. The molecule has 1 aliphatic rings. The molecule has 2 rings (SSSR count). The summed E-state index contributed by atoms with van der Waals surface area (Å²) in [5, 5.41) is 3.29. The van der Waals surface area contributed by atoms with Gasteiger partial charge in [-0.1, -0.05) is 13.0 Å². The van der Waals surface area contributed by atoms with Crippen molar-refractivity contribution in [2.45, 2.75) is 37.2 Å². The van der Waals surface area contributed by atoms with Gasteiger partial charge in [-0.25, -0.2) is 13.1 Å². The highest BCUT2D eigenvalue weighted by molar-refractivity contribution is 9.10. The molecule has 21 heavy (non-hydrogen) atoms. The number of ether oxygens (including phenoxy) is 1. The molecule has 7 heteroatoms. The Balaban J connectivity index is 2.08. The number of halogens is 1. The highest BCUT2D eigenvalue weighted by Crippen LogP contribution is 2.24. The van der Waals surface area contributed by atoms with Crippen molar-refractivity contribution in [1.82, 2.24) is 10.0 Å². The van der Waals surface area contributed by atoms with Crippen molar-refractivity contribution < 1.29 is 13.2 Å². The molecule has 5 nitrogen and oxygen atoms in total. The molecule has 118 valence electrons. The summed E-state index contributed by atoms with van der Waals surface area (Å²) in [4.78, 5) is 0.272. The zero-order chi connectivity index (χ0) is 15.3. The molecular formula is C14H21BrN2O3S. The molecule has 2 N–H and O–H groups in total. The lowest BCUT2D eigenvalue weighted by atomic mass is 10.2. The van der Waals surface area contributed by atoms with Gasteiger partial charge in [-0.05, 0) is 53.0 Å². The third kappa shape index (κ3) is 4.75. The molecule has 0 bridgehead atoms. The fourth-order valence-electron chi connectivity index (χ4n) is 2.19. The van der Waals surface area contributed by atoms with Gasteiger partial charge in [0.25, 0.3) is 0 Å². The monoisotopic (exact) mass is 376 g/mol. The average molecular weight is 377 g/mol. The van der Waals surface area contributed by atoms with E-state index in [1.807, 2.05) is 12.1 Å². The number of benzene rings is 1. The Bertz CT molecular complexity index is 572. The number of hydrogen-bond donors (Lipinski definition) is 2. The van der Waals surface area contributed by atoms with Crippen molar-refractivity contribution in [3.63, 3.8) is 0 Å². The lowest BCUT2D eigenvalue weighted by molar-refractivity contribution is 0.192. The van der Waals surface area contributed by atoms with E-state index in [9.17, 15) is 8.42 Å². The second-order valence-electron chi connectivity index (χ2n) is 5.12. The Hall–Kier alpha value is -0.470. The standard InChI is InChI=1S/C14H21BrN2O3S/c1-2-6-16-9-11-3-4-14(13(15)8-11)21(18,19)17-12-5-7-20-10-12/h3-4,8,12,16-17H,2,5-7,9-10H2,1H3. The highest BCUT2D eigenvalue weighted by Gasteiger charge is 2.25. The Morgan fingerprint density at radius 2 is 2.24 bits per heavy atom. The maximum atomic E-state index is 12.4. The molecule has 0 radical (unpaired) electrons. The molecule has 0 aliphatic carbocycles. The van der Waals surface area contributed by atoms with Gasteiger partial charge in [-0.3, -0.25) is 0 Å². The first-order chi connectivity index (χ1) is 10.0. The van der Waals surface area contributed by atoms with Gasteiger partial charge >= 0.3 is 0 Å². The maximum Gasteiger partial charge on any atom is 0.242 e. The van der Waals surface area contributed by atoms with Crippen molar-refractivity contribution in [2.75, 3.05) is 19.8 Å². The lowest BCUT2D eigenvalue weighted by Gasteiger charge is -2.13. The van der Waals surface area contributed by atoms with Gasteiger partial charge in [0.1, 0.15) is 0 Å². The van der Waals surface area contributed by atoms with E-state index in [2.05, 4.69) is 32.9 Å². The van der Waals surface area contributed by atoms with Gasteiger partial charge in [0, 0.05) is 23.7 Å². The van der Waals surface area contributed by atoms with Gasteiger partial charge in [0.2, 0.25) is 10.0 Å². The van der Waals surface area contributed by atoms with E-state index < -0.39 is 10.0 Å². The first kappa shape index (κ1) is 16.9. The first-order valence-corrected chi connectivity index (χ1v) is 9.40. The fraction of sp³-hybridized carbons (Fsp3) is 0.571. The first-order valence-electron chi connectivity index (χ1n) is 7.12. The Labute approximate surface area is 134 Å². The van der Waals surface area contributed by atoms with E-state index in [1.54, 1.807) is 6.07 Å². The van der Waals surface area contributed by atoms with Crippen LogP contribution in [0.15, 0.2) is 27.6 Å². The molecule has 0 amide bonds. The molecule has 1 saturated heterocycles. The summed E-state index contributed by atoms with van der Waals surface area (Å²) in [6.45, 7) is 4.83. The SMILES string of the molecule is CCCNCc1ccc(S(=O)(=O)NC2CCOC2)c(Br)c1. The van der Waals surface area contributed by atoms with Crippen LogP contribution in [0.4, 0.5) is 0 Å². The number of rotatable bonds is 7. The van der Waals surface area contributed by atoms with Crippen LogP contribution in [0.25, 0.3) is 0 Å². The van der Waals surface area contributed by atoms with Crippen LogP contribution in [0, 0.1) is 0 Å². The van der Waals surface area contributed by atoms with Crippen LogP contribution in [0.2, 0.25) is 0 Å². The quantitative estimate of drug-likeness (QED) is 0.714. The minimum absolute atomic E-state index is 0.132. The van der Waals surface area contributed by atoms with Crippen LogP contribution in [0.1, 0.15) is 25.3 Å². The van der Waals surface area contributed by atoms with Gasteiger partial charge in [-0.15, -0.1) is 0 Å². The van der Waals surface area contributed by atoms with E-state index >= 15 is 0 Å². The van der Waals surface area contributed by atoms with E-state index in [-0.39, 0.29) is 10.9 Å². The minimum atomic E-state index is -3.51. The van der Waals surface area contributed by atoms with E-state index in [0.29, 0.717) is 17.7 Å². The molecule has 0 saturated carbocycles. The summed E-state index contributed by atoms with van der Waals surface area (Å²) < 4.78 is 33.2. The second-order valence-corrected chi connectivity index (χ2v) is 7.66. The molecule has 1 unspecified atom stereocenters. The number of hydrogen-bond acceptors (Lipinski definition) is 4. The van der Waals surface area contributed by atoms with Gasteiger partial charge in [-0.2, -0.15) is 0 Å². The summed E-state index contributed by atoms with van der Waals surface area (Å²) in [6, 6.07) is 5.20. The smallest absolute Gasteiger partial charge is 0.242 e. The largest absolute Gasteiger partial charge is 0.380 e. The van der Waals surface area contributed by atoms with Crippen LogP contribution in [0.3, 0.4) is 0 Å². The zero-order valence-corrected chi connectivity index (χ0v) is 14.5. The molecule has 0 spiro atoms. The Morgan fingerprint density at radius 1 is 1.43 bits per heavy atom. The summed E-state index contributed by atoms with van der Waals surface area (Å²) in [5.41, 5.74) is 1.05. The molecule has 1 aromatic rings. The van der Waals surface area contributed by atoms with E-state index in [4.69, 9.17) is 4.74 Å². The van der Waals surface area contributed by atoms with Crippen LogP contribution in [0.5, 0.6) is 0 Å². The van der Waals surface area contributed by atoms with Crippen LogP contribution < -0.4 is 10.0 Å². The summed E-state index contributed by atoms with van der Waals surface area (Å²) >= 11 is 3.36. The molecule has 1 heterocycles. The highest BCUT2D eigenvalue weighted by atomic mass is 79.9. The molecule has 1 aromatic carbocycles. The van der Waals surface area contributed by atoms with Gasteiger partial charge < -0.3 is 10.1 Å². The zero-order valence-electron chi connectivity index (χ0n) is 12.1. The lowest BCUT2D eigenvalue weighted by Crippen LogP contribution is -2.35. The number of nitrogens with one attached hydrogen (secondary N) is 2. The molecule has 1 fully saturated rings. The number of sulfonamides is 1. The predicted octanol–water partition coefficient (Wildman–Crippen LogP) is 2.02. The Morgan fingerprint density at radius 3 is 2.86 bits per heavy atom. The van der Waals surface area contributed by atoms with Crippen molar-refractivity contribution in [3.05, 3.63) is 28.2 Å². The van der Waals surface area contributed by atoms with Crippen LogP contribution in [-0.4, -0.2) is 34.2 Å². The van der Waals surface area contributed by atoms with E-state index in [0.717, 1.165) is 31.5 Å². The average Bonchev–Trinajstić information content (AvgIpc) is 2.91. The van der Waals surface area contributed by atoms with Crippen molar-refractivity contribution in [2.24, 2.45) is 0 Å². The fourth-order valence-corrected chi connectivity index (χ4v) is 4.57. The Kier molecular flexibility index (Phi) is 6.19. The third-order valence-electron chi connectivity index (χ3n) is 3.29. The van der Waals surface area contributed by atoms with Crippen molar-refractivity contribution in [1.29, 1.82) is 0 Å². The van der Waals surface area contributed by atoms with E-state index in [1.165, 1.54) is 0 Å². The topological polar surface area (TPSA) is 67.4 Å². The normalized spacial score (nSPS) is 19.0. The molecule has 1 aliphatic heterocycles. The van der Waals surface area contributed by atoms with Gasteiger partial charge in [0.05, 0.1) is 11.5 Å². The van der Waals surface area contributed by atoms with Crippen molar-refractivity contribution >= 4 is 26.0 Å². The summed E-state index contributed by atoms with van der Waals surface area (Å²) in [5.74, 6) is 0. The maximum absolute atomic E-state index is 12.4. The third-order valence-corrected chi connectivity index (χ3v) is 5.79.